The Hall–Kier alpha value is -0.500. The SMILES string of the molecule is CC(O)[C@H]1CC[C@@]2(O)[C@]1(C)[C@H](O)[C@@H](O)[C@@H]1[C@@]3(C)CC[C@H](O)CC3=CC[C@]12O. The van der Waals surface area contributed by atoms with Crippen molar-refractivity contribution in [1.82, 2.24) is 0 Å². The first kappa shape index (κ1) is 19.8. The molecular weight excluding hydrogens is 348 g/mol. The highest BCUT2D eigenvalue weighted by Crippen LogP contribution is 2.69. The smallest absolute Gasteiger partial charge is 0.104 e. The van der Waals surface area contributed by atoms with Crippen molar-refractivity contribution in [1.29, 1.82) is 0 Å². The number of fused-ring (bicyclic) bond motifs is 5. The second-order valence-electron chi connectivity index (χ2n) is 10.1. The monoisotopic (exact) mass is 382 g/mol. The lowest BCUT2D eigenvalue weighted by Gasteiger charge is -2.67. The predicted molar refractivity (Wildman–Crippen MR) is 98.6 cm³/mol. The van der Waals surface area contributed by atoms with E-state index in [2.05, 4.69) is 0 Å². The molecule has 0 aromatic heterocycles. The average Bonchev–Trinajstić information content (AvgIpc) is 2.88. The van der Waals surface area contributed by atoms with Crippen LogP contribution in [0.5, 0.6) is 0 Å². The Morgan fingerprint density at radius 3 is 2.37 bits per heavy atom. The third kappa shape index (κ3) is 2.12. The fourth-order valence-corrected chi connectivity index (χ4v) is 7.57. The van der Waals surface area contributed by atoms with Gasteiger partial charge >= 0.3 is 0 Å². The molecule has 6 heteroatoms. The average molecular weight is 382 g/mol. The zero-order valence-electron chi connectivity index (χ0n) is 16.5. The van der Waals surface area contributed by atoms with Crippen LogP contribution in [0.2, 0.25) is 0 Å². The van der Waals surface area contributed by atoms with E-state index in [4.69, 9.17) is 0 Å². The summed E-state index contributed by atoms with van der Waals surface area (Å²) in [5.74, 6) is -1.14. The third-order valence-corrected chi connectivity index (χ3v) is 9.10. The van der Waals surface area contributed by atoms with Crippen molar-refractivity contribution in [3.63, 3.8) is 0 Å². The van der Waals surface area contributed by atoms with E-state index in [1.165, 1.54) is 0 Å². The maximum atomic E-state index is 11.9. The molecule has 6 N–H and O–H groups in total. The maximum Gasteiger partial charge on any atom is 0.104 e. The van der Waals surface area contributed by atoms with Crippen LogP contribution in [-0.4, -0.2) is 66.3 Å². The van der Waals surface area contributed by atoms with Crippen molar-refractivity contribution < 1.29 is 30.6 Å². The molecule has 3 saturated carbocycles. The lowest BCUT2D eigenvalue weighted by molar-refractivity contribution is -0.331. The first-order valence-corrected chi connectivity index (χ1v) is 10.3. The van der Waals surface area contributed by atoms with E-state index < -0.39 is 58.3 Å². The van der Waals surface area contributed by atoms with E-state index in [0.717, 1.165) is 5.57 Å². The highest BCUT2D eigenvalue weighted by Gasteiger charge is 2.78. The molecule has 0 saturated heterocycles. The van der Waals surface area contributed by atoms with Crippen LogP contribution in [0.1, 0.15) is 59.3 Å². The molecule has 0 aromatic rings. The summed E-state index contributed by atoms with van der Waals surface area (Å²) >= 11 is 0. The van der Waals surface area contributed by atoms with Crippen molar-refractivity contribution in [2.24, 2.45) is 22.7 Å². The molecule has 0 heterocycles. The number of aliphatic hydroxyl groups excluding tert-OH is 4. The van der Waals surface area contributed by atoms with Gasteiger partial charge in [0.05, 0.1) is 24.4 Å². The number of rotatable bonds is 1. The lowest BCUT2D eigenvalue weighted by atomic mass is 9.42. The molecule has 6 nitrogen and oxygen atoms in total. The number of hydrogen-bond acceptors (Lipinski definition) is 6. The van der Waals surface area contributed by atoms with E-state index in [-0.39, 0.29) is 12.8 Å². The molecule has 3 fully saturated rings. The number of aliphatic hydroxyl groups is 6. The molecule has 0 amide bonds. The molecule has 1 unspecified atom stereocenters. The molecule has 27 heavy (non-hydrogen) atoms. The van der Waals surface area contributed by atoms with Gasteiger partial charge in [0.25, 0.3) is 0 Å². The zero-order valence-corrected chi connectivity index (χ0v) is 16.5. The molecule has 4 rings (SSSR count). The molecular formula is C21H34O6. The van der Waals surface area contributed by atoms with Gasteiger partial charge in [0, 0.05) is 11.3 Å². The Morgan fingerprint density at radius 2 is 1.74 bits per heavy atom. The molecule has 10 atom stereocenters. The van der Waals surface area contributed by atoms with Crippen LogP contribution >= 0.6 is 0 Å². The Kier molecular flexibility index (Phi) is 4.23. The minimum atomic E-state index is -1.61. The maximum absolute atomic E-state index is 11.9. The van der Waals surface area contributed by atoms with Gasteiger partial charge < -0.3 is 30.6 Å². The van der Waals surface area contributed by atoms with Gasteiger partial charge in [-0.2, -0.15) is 0 Å². The van der Waals surface area contributed by atoms with Crippen LogP contribution in [0.3, 0.4) is 0 Å². The second-order valence-corrected chi connectivity index (χ2v) is 10.1. The van der Waals surface area contributed by atoms with Crippen LogP contribution in [0.25, 0.3) is 0 Å². The molecule has 154 valence electrons. The van der Waals surface area contributed by atoms with Crippen molar-refractivity contribution in [3.8, 4) is 0 Å². The minimum absolute atomic E-state index is 0.178. The number of hydrogen-bond donors (Lipinski definition) is 6. The van der Waals surface area contributed by atoms with E-state index in [9.17, 15) is 30.6 Å². The quantitative estimate of drug-likeness (QED) is 0.367. The summed E-state index contributed by atoms with van der Waals surface area (Å²) in [4.78, 5) is 0. The molecule has 0 bridgehead atoms. The summed E-state index contributed by atoms with van der Waals surface area (Å²) < 4.78 is 0. The van der Waals surface area contributed by atoms with Crippen LogP contribution in [-0.2, 0) is 0 Å². The van der Waals surface area contributed by atoms with E-state index in [1.807, 2.05) is 13.0 Å². The fourth-order valence-electron chi connectivity index (χ4n) is 7.57. The lowest BCUT2D eigenvalue weighted by Crippen LogP contribution is -2.79. The second kappa shape index (κ2) is 5.77. The predicted octanol–water partition coefficient (Wildman–Crippen LogP) is 0.478. The molecule has 0 radical (unpaired) electrons. The van der Waals surface area contributed by atoms with Gasteiger partial charge in [-0.25, -0.2) is 0 Å². The summed E-state index contributed by atoms with van der Waals surface area (Å²) in [5, 5.41) is 66.6. The van der Waals surface area contributed by atoms with Crippen LogP contribution in [0, 0.1) is 22.7 Å². The van der Waals surface area contributed by atoms with Crippen molar-refractivity contribution in [3.05, 3.63) is 11.6 Å². The van der Waals surface area contributed by atoms with Gasteiger partial charge in [-0.05, 0) is 56.8 Å². The topological polar surface area (TPSA) is 121 Å². The molecule has 4 aliphatic carbocycles. The van der Waals surface area contributed by atoms with E-state index in [1.54, 1.807) is 13.8 Å². The van der Waals surface area contributed by atoms with Crippen LogP contribution in [0.4, 0.5) is 0 Å². The zero-order chi connectivity index (χ0) is 20.0. The molecule has 0 spiro atoms. The van der Waals surface area contributed by atoms with Crippen molar-refractivity contribution in [2.75, 3.05) is 0 Å². The van der Waals surface area contributed by atoms with E-state index in [0.29, 0.717) is 25.7 Å². The van der Waals surface area contributed by atoms with Crippen molar-refractivity contribution >= 4 is 0 Å². The highest BCUT2D eigenvalue weighted by atomic mass is 16.4. The van der Waals surface area contributed by atoms with E-state index >= 15 is 0 Å². The largest absolute Gasteiger partial charge is 0.393 e. The Balaban J connectivity index is 1.88. The van der Waals surface area contributed by atoms with Crippen LogP contribution < -0.4 is 0 Å². The summed E-state index contributed by atoms with van der Waals surface area (Å²) in [7, 11) is 0. The van der Waals surface area contributed by atoms with Gasteiger partial charge in [-0.3, -0.25) is 0 Å². The highest BCUT2D eigenvalue weighted by molar-refractivity contribution is 5.35. The van der Waals surface area contributed by atoms with Crippen molar-refractivity contribution in [2.45, 2.75) is 94.9 Å². The van der Waals surface area contributed by atoms with Gasteiger partial charge in [0.1, 0.15) is 11.2 Å². The molecule has 0 aliphatic heterocycles. The Labute approximate surface area is 160 Å². The summed E-state index contributed by atoms with van der Waals surface area (Å²) in [6, 6.07) is 0. The third-order valence-electron chi connectivity index (χ3n) is 9.10. The summed E-state index contributed by atoms with van der Waals surface area (Å²) in [6.07, 6.45) is 0.849. The van der Waals surface area contributed by atoms with Gasteiger partial charge in [-0.1, -0.05) is 25.5 Å². The fraction of sp³-hybridized carbons (Fsp3) is 0.905. The Bertz CT molecular complexity index is 663. The Morgan fingerprint density at radius 1 is 1.07 bits per heavy atom. The summed E-state index contributed by atoms with van der Waals surface area (Å²) in [6.45, 7) is 5.31. The molecule has 0 aromatic carbocycles. The standard InChI is InChI=1S/C21H34O6/c1-11(22)14-6-9-21(27)19(14,3)17(25)15(24)16-18(2)7-5-13(23)10-12(18)4-8-20(16,21)26/h4,11,13-17,22-27H,5-10H2,1-3H3/t11?,13-,14+,15-,16+,17+,18-,19-,20-,21+/m0/s1. The minimum Gasteiger partial charge on any atom is -0.393 e. The summed E-state index contributed by atoms with van der Waals surface area (Å²) in [5.41, 5.74) is -4.00. The normalized spacial score (nSPS) is 58.7. The van der Waals surface area contributed by atoms with Gasteiger partial charge in [-0.15, -0.1) is 0 Å². The van der Waals surface area contributed by atoms with Gasteiger partial charge in [0.2, 0.25) is 0 Å². The first-order valence-electron chi connectivity index (χ1n) is 10.3. The molecule has 4 aliphatic rings. The first-order chi connectivity index (χ1) is 12.4. The van der Waals surface area contributed by atoms with Crippen LogP contribution in [0.15, 0.2) is 11.6 Å². The van der Waals surface area contributed by atoms with Gasteiger partial charge in [0.15, 0.2) is 0 Å².